The standard InChI is InChI=1S/C17H27FN2/c1-3-8-14-9-6-7-12-20(14)17(13(2)19)15-10-4-5-11-16(15)18/h4-5,10-11,13-14,17H,3,6-9,12,19H2,1-2H3. The first kappa shape index (κ1) is 15.5. The molecule has 1 aliphatic heterocycles. The highest BCUT2D eigenvalue weighted by Gasteiger charge is 2.32. The van der Waals surface area contributed by atoms with Gasteiger partial charge in [-0.15, -0.1) is 0 Å². The van der Waals surface area contributed by atoms with Crippen molar-refractivity contribution in [2.45, 2.75) is 64.1 Å². The summed E-state index contributed by atoms with van der Waals surface area (Å²) in [5.74, 6) is -0.129. The highest BCUT2D eigenvalue weighted by Crippen LogP contribution is 2.33. The summed E-state index contributed by atoms with van der Waals surface area (Å²) < 4.78 is 14.2. The minimum absolute atomic E-state index is 0.00644. The Bertz CT molecular complexity index is 417. The summed E-state index contributed by atoms with van der Waals surface area (Å²) in [6.07, 6.45) is 6.04. The first-order chi connectivity index (χ1) is 9.65. The Labute approximate surface area is 122 Å². The molecule has 1 aromatic carbocycles. The second kappa shape index (κ2) is 7.19. The number of likely N-dealkylation sites (tertiary alicyclic amines) is 1. The van der Waals surface area contributed by atoms with E-state index in [2.05, 4.69) is 11.8 Å². The zero-order chi connectivity index (χ0) is 14.5. The first-order valence-electron chi connectivity index (χ1n) is 7.91. The quantitative estimate of drug-likeness (QED) is 0.886. The number of hydrogen-bond donors (Lipinski definition) is 1. The van der Waals surface area contributed by atoms with Crippen molar-refractivity contribution in [1.82, 2.24) is 4.90 Å². The van der Waals surface area contributed by atoms with Crippen molar-refractivity contribution in [3.63, 3.8) is 0 Å². The minimum Gasteiger partial charge on any atom is -0.326 e. The molecular formula is C17H27FN2. The molecular weight excluding hydrogens is 251 g/mol. The average molecular weight is 278 g/mol. The molecule has 3 unspecified atom stereocenters. The Kier molecular flexibility index (Phi) is 5.55. The van der Waals surface area contributed by atoms with E-state index in [1.54, 1.807) is 12.1 Å². The third-order valence-corrected chi connectivity index (χ3v) is 4.37. The van der Waals surface area contributed by atoms with Crippen LogP contribution in [0.15, 0.2) is 24.3 Å². The third kappa shape index (κ3) is 3.39. The third-order valence-electron chi connectivity index (χ3n) is 4.37. The van der Waals surface area contributed by atoms with Crippen molar-refractivity contribution in [2.75, 3.05) is 6.54 Å². The maximum Gasteiger partial charge on any atom is 0.128 e. The molecule has 0 bridgehead atoms. The largest absolute Gasteiger partial charge is 0.326 e. The van der Waals surface area contributed by atoms with Crippen LogP contribution in [0.1, 0.15) is 57.6 Å². The van der Waals surface area contributed by atoms with E-state index in [0.29, 0.717) is 6.04 Å². The Morgan fingerprint density at radius 1 is 1.35 bits per heavy atom. The lowest BCUT2D eigenvalue weighted by molar-refractivity contribution is 0.0745. The minimum atomic E-state index is -0.129. The van der Waals surface area contributed by atoms with Gasteiger partial charge in [-0.05, 0) is 38.8 Å². The maximum atomic E-state index is 14.2. The van der Waals surface area contributed by atoms with Crippen LogP contribution in [-0.2, 0) is 0 Å². The van der Waals surface area contributed by atoms with Gasteiger partial charge >= 0.3 is 0 Å². The molecule has 0 spiro atoms. The lowest BCUT2D eigenvalue weighted by Crippen LogP contribution is -2.47. The molecule has 1 aliphatic rings. The predicted octanol–water partition coefficient (Wildman–Crippen LogP) is 3.87. The van der Waals surface area contributed by atoms with E-state index in [9.17, 15) is 4.39 Å². The number of nitrogens with two attached hydrogens (primary N) is 1. The fraction of sp³-hybridized carbons (Fsp3) is 0.647. The Morgan fingerprint density at radius 3 is 2.75 bits per heavy atom. The van der Waals surface area contributed by atoms with Crippen molar-refractivity contribution in [1.29, 1.82) is 0 Å². The van der Waals surface area contributed by atoms with Gasteiger partial charge in [-0.3, -0.25) is 4.90 Å². The van der Waals surface area contributed by atoms with Gasteiger partial charge in [0.15, 0.2) is 0 Å². The van der Waals surface area contributed by atoms with Crippen molar-refractivity contribution in [2.24, 2.45) is 5.73 Å². The van der Waals surface area contributed by atoms with Gasteiger partial charge in [0.05, 0.1) is 6.04 Å². The van der Waals surface area contributed by atoms with Crippen LogP contribution in [0.3, 0.4) is 0 Å². The summed E-state index contributed by atoms with van der Waals surface area (Å²) in [7, 11) is 0. The van der Waals surface area contributed by atoms with Gasteiger partial charge in [-0.1, -0.05) is 38.0 Å². The van der Waals surface area contributed by atoms with Crippen LogP contribution in [0, 0.1) is 5.82 Å². The Hall–Kier alpha value is -0.930. The molecule has 0 saturated carbocycles. The van der Waals surface area contributed by atoms with Crippen LogP contribution in [0.5, 0.6) is 0 Å². The van der Waals surface area contributed by atoms with Crippen molar-refractivity contribution >= 4 is 0 Å². The summed E-state index contributed by atoms with van der Waals surface area (Å²) in [5, 5.41) is 0. The molecule has 0 amide bonds. The Balaban J connectivity index is 2.29. The predicted molar refractivity (Wildman–Crippen MR) is 82.0 cm³/mol. The number of hydrogen-bond acceptors (Lipinski definition) is 2. The van der Waals surface area contributed by atoms with Crippen LogP contribution in [0.2, 0.25) is 0 Å². The summed E-state index contributed by atoms with van der Waals surface area (Å²) in [6, 6.07) is 7.56. The number of piperidine rings is 1. The molecule has 2 nitrogen and oxygen atoms in total. The fourth-order valence-corrected chi connectivity index (χ4v) is 3.51. The lowest BCUT2D eigenvalue weighted by atomic mass is 9.91. The number of nitrogens with zero attached hydrogens (tertiary/aromatic N) is 1. The van der Waals surface area contributed by atoms with Gasteiger partial charge in [0, 0.05) is 17.6 Å². The summed E-state index contributed by atoms with van der Waals surface area (Å²) >= 11 is 0. The van der Waals surface area contributed by atoms with Gasteiger partial charge in [0.25, 0.3) is 0 Å². The van der Waals surface area contributed by atoms with Gasteiger partial charge in [0.1, 0.15) is 5.82 Å². The summed E-state index contributed by atoms with van der Waals surface area (Å²) in [5.41, 5.74) is 6.97. The van der Waals surface area contributed by atoms with Crippen LogP contribution in [-0.4, -0.2) is 23.5 Å². The van der Waals surface area contributed by atoms with Crippen LogP contribution < -0.4 is 5.73 Å². The molecule has 1 aromatic rings. The number of benzene rings is 1. The molecule has 0 aromatic heterocycles. The SMILES string of the molecule is CCCC1CCCCN1C(c1ccccc1F)C(C)N. The molecule has 1 heterocycles. The van der Waals surface area contributed by atoms with E-state index in [-0.39, 0.29) is 17.9 Å². The maximum absolute atomic E-state index is 14.2. The number of halogens is 1. The summed E-state index contributed by atoms with van der Waals surface area (Å²) in [6.45, 7) is 5.25. The van der Waals surface area contributed by atoms with E-state index in [4.69, 9.17) is 5.73 Å². The van der Waals surface area contributed by atoms with Crippen LogP contribution >= 0.6 is 0 Å². The van der Waals surface area contributed by atoms with E-state index in [1.807, 2.05) is 19.1 Å². The van der Waals surface area contributed by atoms with Crippen molar-refractivity contribution in [3.8, 4) is 0 Å². The molecule has 0 aliphatic carbocycles. The molecule has 1 fully saturated rings. The Morgan fingerprint density at radius 2 is 2.10 bits per heavy atom. The highest BCUT2D eigenvalue weighted by atomic mass is 19.1. The second-order valence-corrected chi connectivity index (χ2v) is 6.00. The molecule has 0 radical (unpaired) electrons. The van der Waals surface area contributed by atoms with Gasteiger partial charge in [0.2, 0.25) is 0 Å². The lowest BCUT2D eigenvalue weighted by Gasteiger charge is -2.43. The van der Waals surface area contributed by atoms with Crippen molar-refractivity contribution < 1.29 is 4.39 Å². The monoisotopic (exact) mass is 278 g/mol. The van der Waals surface area contributed by atoms with E-state index in [1.165, 1.54) is 32.1 Å². The number of rotatable bonds is 5. The highest BCUT2D eigenvalue weighted by molar-refractivity contribution is 5.23. The normalized spacial score (nSPS) is 23.5. The topological polar surface area (TPSA) is 29.3 Å². The van der Waals surface area contributed by atoms with Crippen LogP contribution in [0.25, 0.3) is 0 Å². The fourth-order valence-electron chi connectivity index (χ4n) is 3.51. The molecule has 1 saturated heterocycles. The zero-order valence-electron chi connectivity index (χ0n) is 12.7. The van der Waals surface area contributed by atoms with Gasteiger partial charge in [-0.25, -0.2) is 4.39 Å². The van der Waals surface area contributed by atoms with Gasteiger partial charge in [-0.2, -0.15) is 0 Å². The van der Waals surface area contributed by atoms with E-state index < -0.39 is 0 Å². The van der Waals surface area contributed by atoms with Gasteiger partial charge < -0.3 is 5.73 Å². The molecule has 112 valence electrons. The van der Waals surface area contributed by atoms with Crippen LogP contribution in [0.4, 0.5) is 4.39 Å². The van der Waals surface area contributed by atoms with E-state index >= 15 is 0 Å². The molecule has 3 atom stereocenters. The first-order valence-corrected chi connectivity index (χ1v) is 7.91. The summed E-state index contributed by atoms with van der Waals surface area (Å²) in [4.78, 5) is 2.45. The molecule has 3 heteroatoms. The molecule has 2 N–H and O–H groups in total. The molecule has 20 heavy (non-hydrogen) atoms. The molecule has 2 rings (SSSR count). The van der Waals surface area contributed by atoms with E-state index in [0.717, 1.165) is 12.1 Å². The average Bonchev–Trinajstić information content (AvgIpc) is 2.43. The zero-order valence-corrected chi connectivity index (χ0v) is 12.7. The van der Waals surface area contributed by atoms with Crippen molar-refractivity contribution in [3.05, 3.63) is 35.6 Å². The second-order valence-electron chi connectivity index (χ2n) is 6.00. The smallest absolute Gasteiger partial charge is 0.128 e.